The van der Waals surface area contributed by atoms with E-state index in [1.54, 1.807) is 13.2 Å². The fourth-order valence-electron chi connectivity index (χ4n) is 4.46. The first-order valence-electron chi connectivity index (χ1n) is 9.37. The fourth-order valence-corrected chi connectivity index (χ4v) is 4.46. The molecule has 2 aromatic heterocycles. The van der Waals surface area contributed by atoms with Crippen molar-refractivity contribution >= 4 is 23.7 Å². The summed E-state index contributed by atoms with van der Waals surface area (Å²) in [7, 11) is 1.63. The second kappa shape index (κ2) is 5.83. The van der Waals surface area contributed by atoms with Gasteiger partial charge in [0.15, 0.2) is 5.82 Å². The van der Waals surface area contributed by atoms with E-state index in [1.807, 2.05) is 12.1 Å². The van der Waals surface area contributed by atoms with Gasteiger partial charge in [-0.25, -0.2) is 9.78 Å². The number of nitrogens with zero attached hydrogens (tertiary/aromatic N) is 5. The first-order chi connectivity index (χ1) is 13.0. The molecule has 4 fully saturated rings. The summed E-state index contributed by atoms with van der Waals surface area (Å²) >= 11 is 0. The Bertz CT molecular complexity index is 872. The summed E-state index contributed by atoms with van der Waals surface area (Å²) in [4.78, 5) is 23.8. The molecule has 2 bridgehead atoms. The lowest BCUT2D eigenvalue weighted by molar-refractivity contribution is 0.105. The molecule has 4 aliphatic rings. The minimum absolute atomic E-state index is 0.0337. The third-order valence-corrected chi connectivity index (χ3v) is 5.95. The van der Waals surface area contributed by atoms with Gasteiger partial charge in [0, 0.05) is 55.5 Å². The van der Waals surface area contributed by atoms with Crippen LogP contribution in [0, 0.1) is 5.41 Å². The predicted molar refractivity (Wildman–Crippen MR) is 99.3 cm³/mol. The summed E-state index contributed by atoms with van der Waals surface area (Å²) in [6.45, 7) is 1.36. The van der Waals surface area contributed by atoms with E-state index >= 15 is 0 Å². The van der Waals surface area contributed by atoms with Crippen LogP contribution >= 0.6 is 0 Å². The van der Waals surface area contributed by atoms with Crippen LogP contribution < -0.4 is 10.2 Å². The van der Waals surface area contributed by atoms with Crippen molar-refractivity contribution in [3.05, 3.63) is 24.0 Å². The number of hydrogen-bond acceptors (Lipinski definition) is 6. The number of anilines is 3. The largest absolute Gasteiger partial charge is 0.465 e. The molecular formula is C18H23N7O2. The van der Waals surface area contributed by atoms with Crippen LogP contribution in [-0.2, 0) is 0 Å². The number of hydrogen-bond donors (Lipinski definition) is 3. The van der Waals surface area contributed by atoms with Gasteiger partial charge in [-0.05, 0) is 31.7 Å². The van der Waals surface area contributed by atoms with E-state index in [0.717, 1.165) is 31.0 Å². The zero-order valence-electron chi connectivity index (χ0n) is 15.2. The van der Waals surface area contributed by atoms with E-state index in [0.29, 0.717) is 24.5 Å². The van der Waals surface area contributed by atoms with Crippen molar-refractivity contribution in [2.45, 2.75) is 37.6 Å². The molecule has 9 nitrogen and oxygen atoms in total. The minimum atomic E-state index is -0.877. The maximum atomic E-state index is 11.1. The normalized spacial score (nSPS) is 26.0. The highest BCUT2D eigenvalue weighted by Crippen LogP contribution is 2.52. The Labute approximate surface area is 156 Å². The van der Waals surface area contributed by atoms with Crippen LogP contribution in [0.1, 0.15) is 37.3 Å². The lowest BCUT2D eigenvalue weighted by atomic mass is 9.70. The molecule has 0 spiro atoms. The van der Waals surface area contributed by atoms with Gasteiger partial charge < -0.3 is 20.2 Å². The Morgan fingerprint density at radius 2 is 2.26 bits per heavy atom. The van der Waals surface area contributed by atoms with Crippen LogP contribution in [0.25, 0.3) is 0 Å². The highest BCUT2D eigenvalue weighted by atomic mass is 16.4. The summed E-state index contributed by atoms with van der Waals surface area (Å²) in [5, 5.41) is 19.8. The van der Waals surface area contributed by atoms with Gasteiger partial charge in [0.05, 0.1) is 0 Å². The van der Waals surface area contributed by atoms with Gasteiger partial charge in [-0.15, -0.1) is 0 Å². The fraction of sp³-hybridized carbons (Fsp3) is 0.556. The van der Waals surface area contributed by atoms with E-state index < -0.39 is 6.09 Å². The van der Waals surface area contributed by atoms with Crippen molar-refractivity contribution < 1.29 is 9.90 Å². The van der Waals surface area contributed by atoms with Crippen molar-refractivity contribution in [3.63, 3.8) is 0 Å². The molecule has 2 aliphatic heterocycles. The van der Waals surface area contributed by atoms with Gasteiger partial charge in [-0.3, -0.25) is 5.10 Å². The topological polar surface area (TPSA) is 110 Å². The van der Waals surface area contributed by atoms with Gasteiger partial charge in [-0.1, -0.05) is 0 Å². The van der Waals surface area contributed by atoms with Crippen LogP contribution in [0.2, 0.25) is 0 Å². The molecular weight excluding hydrogens is 346 g/mol. The average Bonchev–Trinajstić information content (AvgIpc) is 3.10. The smallest absolute Gasteiger partial charge is 0.407 e. The second-order valence-corrected chi connectivity index (χ2v) is 8.18. The standard InChI is InChI=1S/C18H23N7O2/c1-24(17(26)27)9-18-7-12(8-18)25(10-18)16-19-5-4-14(21-16)20-15-6-13(22-23-15)11-2-3-11/h4-6,11-12H,2-3,7-10H2,1H3,(H,26,27)(H2,19,20,21,22,23). The van der Waals surface area contributed by atoms with Crippen molar-refractivity contribution in [1.29, 1.82) is 0 Å². The zero-order valence-corrected chi connectivity index (χ0v) is 15.2. The summed E-state index contributed by atoms with van der Waals surface area (Å²) < 4.78 is 0. The number of carbonyl (C=O) groups is 1. The zero-order chi connectivity index (χ0) is 18.6. The highest BCUT2D eigenvalue weighted by molar-refractivity contribution is 5.64. The van der Waals surface area contributed by atoms with Crippen molar-refractivity contribution in [2.24, 2.45) is 5.41 Å². The van der Waals surface area contributed by atoms with Gasteiger partial charge in [0.25, 0.3) is 0 Å². The van der Waals surface area contributed by atoms with E-state index in [4.69, 9.17) is 5.11 Å². The molecule has 0 unspecified atom stereocenters. The van der Waals surface area contributed by atoms with Gasteiger partial charge in [-0.2, -0.15) is 10.1 Å². The van der Waals surface area contributed by atoms with Crippen LogP contribution in [0.5, 0.6) is 0 Å². The SMILES string of the molecule is CN(CC12CC(C1)N(c1nccc(Nc3cc(C4CC4)[nH]n3)n1)C2)C(=O)O. The summed E-state index contributed by atoms with van der Waals surface area (Å²) in [6.07, 6.45) is 5.33. The number of amides is 1. The molecule has 0 atom stereocenters. The molecule has 27 heavy (non-hydrogen) atoms. The Morgan fingerprint density at radius 3 is 3.00 bits per heavy atom. The first kappa shape index (κ1) is 16.3. The Balaban J connectivity index is 1.28. The summed E-state index contributed by atoms with van der Waals surface area (Å²) in [5.41, 5.74) is 1.21. The number of H-pyrrole nitrogens is 1. The predicted octanol–water partition coefficient (Wildman–Crippen LogP) is 2.40. The molecule has 2 saturated carbocycles. The molecule has 3 N–H and O–H groups in total. The number of aromatic nitrogens is 4. The van der Waals surface area contributed by atoms with Crippen molar-refractivity contribution in [2.75, 3.05) is 30.4 Å². The van der Waals surface area contributed by atoms with Crippen LogP contribution in [-0.4, -0.2) is 62.4 Å². The minimum Gasteiger partial charge on any atom is -0.465 e. The van der Waals surface area contributed by atoms with Crippen LogP contribution in [0.4, 0.5) is 22.4 Å². The Morgan fingerprint density at radius 1 is 1.44 bits per heavy atom. The molecule has 0 aromatic carbocycles. The van der Waals surface area contributed by atoms with E-state index in [-0.39, 0.29) is 5.41 Å². The van der Waals surface area contributed by atoms with E-state index in [1.165, 1.54) is 23.4 Å². The molecule has 2 aliphatic carbocycles. The van der Waals surface area contributed by atoms with Gasteiger partial charge in [0.1, 0.15) is 5.82 Å². The molecule has 1 amide bonds. The molecule has 0 radical (unpaired) electrons. The average molecular weight is 369 g/mol. The molecule has 2 saturated heterocycles. The highest BCUT2D eigenvalue weighted by Gasteiger charge is 2.56. The van der Waals surface area contributed by atoms with Gasteiger partial charge in [0.2, 0.25) is 5.95 Å². The van der Waals surface area contributed by atoms with E-state index in [2.05, 4.69) is 30.4 Å². The molecule has 4 heterocycles. The number of carboxylic acid groups (broad SMARTS) is 1. The molecule has 142 valence electrons. The lowest BCUT2D eigenvalue weighted by Gasteiger charge is -2.38. The Hall–Kier alpha value is -2.84. The van der Waals surface area contributed by atoms with Crippen molar-refractivity contribution in [3.8, 4) is 0 Å². The lowest BCUT2D eigenvalue weighted by Crippen LogP contribution is -2.44. The second-order valence-electron chi connectivity index (χ2n) is 8.18. The molecule has 2 aromatic rings. The number of rotatable bonds is 6. The monoisotopic (exact) mass is 369 g/mol. The van der Waals surface area contributed by atoms with Crippen molar-refractivity contribution in [1.82, 2.24) is 25.1 Å². The quantitative estimate of drug-likeness (QED) is 0.717. The maximum Gasteiger partial charge on any atom is 0.407 e. The maximum absolute atomic E-state index is 11.1. The van der Waals surface area contributed by atoms with Crippen LogP contribution in [0.15, 0.2) is 18.3 Å². The molecule has 6 rings (SSSR count). The van der Waals surface area contributed by atoms with E-state index in [9.17, 15) is 4.79 Å². The van der Waals surface area contributed by atoms with Crippen LogP contribution in [0.3, 0.4) is 0 Å². The summed E-state index contributed by atoms with van der Waals surface area (Å²) in [6, 6.07) is 4.28. The molecule has 9 heteroatoms. The van der Waals surface area contributed by atoms with Gasteiger partial charge >= 0.3 is 6.09 Å². The number of aromatic amines is 1. The summed E-state index contributed by atoms with van der Waals surface area (Å²) in [5.74, 6) is 2.81. The Kier molecular flexibility index (Phi) is 3.53. The number of fused-ring (bicyclic) bond motifs is 1. The third-order valence-electron chi connectivity index (χ3n) is 5.95. The number of nitrogens with one attached hydrogen (secondary N) is 2. The third kappa shape index (κ3) is 2.96. The first-order valence-corrected chi connectivity index (χ1v) is 9.37.